The van der Waals surface area contributed by atoms with Crippen molar-refractivity contribution in [1.82, 2.24) is 10.6 Å². The van der Waals surface area contributed by atoms with E-state index >= 15 is 0 Å². The zero-order valence-corrected chi connectivity index (χ0v) is 21.1. The Balaban J connectivity index is 1.37. The molecule has 0 aliphatic rings. The lowest BCUT2D eigenvalue weighted by molar-refractivity contribution is 0.0396. The van der Waals surface area contributed by atoms with Crippen molar-refractivity contribution in [2.75, 3.05) is 51.0 Å². The maximum absolute atomic E-state index is 11.8. The Kier molecular flexibility index (Phi) is 13.4. The first kappa shape index (κ1) is 29.7. The minimum atomic E-state index is -0.586. The van der Waals surface area contributed by atoms with Crippen LogP contribution in [0.15, 0.2) is 48.5 Å². The third-order valence-corrected chi connectivity index (χ3v) is 5.03. The molecule has 2 rings (SSSR count). The van der Waals surface area contributed by atoms with Gasteiger partial charge in [-0.15, -0.1) is 0 Å². The fourth-order valence-corrected chi connectivity index (χ4v) is 3.03. The number of nitrogen functional groups attached to an aromatic ring is 2. The highest BCUT2D eigenvalue weighted by Gasteiger charge is 2.09. The lowest BCUT2D eigenvalue weighted by atomic mass is 10.2. The molecule has 2 amide bonds. The number of esters is 2. The van der Waals surface area contributed by atoms with E-state index in [1.54, 1.807) is 48.5 Å². The maximum Gasteiger partial charge on any atom is 0.407 e. The van der Waals surface area contributed by atoms with Crippen molar-refractivity contribution < 1.29 is 38.1 Å². The summed E-state index contributed by atoms with van der Waals surface area (Å²) < 4.78 is 20.0. The number of hydrogen-bond acceptors (Lipinski definition) is 10. The van der Waals surface area contributed by atoms with E-state index in [-0.39, 0.29) is 26.4 Å². The summed E-state index contributed by atoms with van der Waals surface area (Å²) in [5.41, 5.74) is 12.9. The molecule has 0 aliphatic carbocycles. The van der Waals surface area contributed by atoms with Crippen LogP contribution in [-0.2, 0) is 18.9 Å². The number of nitrogens with two attached hydrogens (primary N) is 2. The molecule has 0 bridgehead atoms. The molecule has 0 saturated heterocycles. The monoisotopic (exact) mass is 530 g/mol. The van der Waals surface area contributed by atoms with Crippen molar-refractivity contribution in [3.8, 4) is 0 Å². The number of unbranched alkanes of at least 4 members (excludes halogenated alkanes) is 3. The average Bonchev–Trinajstić information content (AvgIpc) is 2.91. The van der Waals surface area contributed by atoms with E-state index in [4.69, 9.17) is 30.4 Å². The molecule has 6 N–H and O–H groups in total. The fraction of sp³-hybridized carbons (Fsp3) is 0.385. The van der Waals surface area contributed by atoms with Crippen LogP contribution in [0.4, 0.5) is 21.0 Å². The van der Waals surface area contributed by atoms with Crippen LogP contribution in [0.5, 0.6) is 0 Å². The number of rotatable bonds is 15. The molecular formula is C26H34N4O8. The molecule has 206 valence electrons. The number of alkyl carbamates (subject to hydrolysis) is 2. The van der Waals surface area contributed by atoms with E-state index in [1.807, 2.05) is 0 Å². The zero-order valence-electron chi connectivity index (χ0n) is 21.1. The Morgan fingerprint density at radius 1 is 0.526 bits per heavy atom. The molecule has 0 aromatic heterocycles. The Morgan fingerprint density at radius 3 is 1.24 bits per heavy atom. The third-order valence-electron chi connectivity index (χ3n) is 5.03. The van der Waals surface area contributed by atoms with Crippen LogP contribution >= 0.6 is 0 Å². The minimum absolute atomic E-state index is 0.0547. The van der Waals surface area contributed by atoms with Gasteiger partial charge in [0.25, 0.3) is 0 Å². The number of amides is 2. The van der Waals surface area contributed by atoms with E-state index in [1.165, 1.54) is 0 Å². The molecule has 0 heterocycles. The van der Waals surface area contributed by atoms with Crippen LogP contribution in [0.3, 0.4) is 0 Å². The highest BCUT2D eigenvalue weighted by molar-refractivity contribution is 5.90. The molecule has 38 heavy (non-hydrogen) atoms. The Bertz CT molecular complexity index is 945. The predicted octanol–water partition coefficient (Wildman–Crippen LogP) is 2.88. The number of ether oxygens (including phenoxy) is 4. The number of benzene rings is 2. The Labute approximate surface area is 220 Å². The van der Waals surface area contributed by atoms with Gasteiger partial charge < -0.3 is 41.0 Å². The van der Waals surface area contributed by atoms with Crippen molar-refractivity contribution in [3.63, 3.8) is 0 Å². The first-order valence-electron chi connectivity index (χ1n) is 12.2. The van der Waals surface area contributed by atoms with Crippen LogP contribution in [0.25, 0.3) is 0 Å². The first-order valence-corrected chi connectivity index (χ1v) is 12.2. The minimum Gasteiger partial charge on any atom is -0.458 e. The van der Waals surface area contributed by atoms with Gasteiger partial charge in [-0.1, -0.05) is 12.8 Å². The van der Waals surface area contributed by atoms with Gasteiger partial charge in [0.1, 0.15) is 26.4 Å². The molecule has 0 fully saturated rings. The summed E-state index contributed by atoms with van der Waals surface area (Å²) >= 11 is 0. The summed E-state index contributed by atoms with van der Waals surface area (Å²) in [6, 6.07) is 12.6. The smallest absolute Gasteiger partial charge is 0.407 e. The lowest BCUT2D eigenvalue weighted by Crippen LogP contribution is -2.27. The highest BCUT2D eigenvalue weighted by atomic mass is 16.6. The van der Waals surface area contributed by atoms with Crippen LogP contribution in [0.1, 0.15) is 46.4 Å². The van der Waals surface area contributed by atoms with Gasteiger partial charge in [-0.25, -0.2) is 19.2 Å². The van der Waals surface area contributed by atoms with Crippen LogP contribution in [-0.4, -0.2) is 63.6 Å². The average molecular weight is 531 g/mol. The quantitative estimate of drug-likeness (QED) is 0.116. The molecule has 0 spiro atoms. The predicted molar refractivity (Wildman–Crippen MR) is 139 cm³/mol. The highest BCUT2D eigenvalue weighted by Crippen LogP contribution is 2.08. The topological polar surface area (TPSA) is 181 Å². The first-order chi connectivity index (χ1) is 18.3. The van der Waals surface area contributed by atoms with E-state index in [0.717, 1.165) is 25.7 Å². The number of anilines is 2. The van der Waals surface area contributed by atoms with Gasteiger partial charge >= 0.3 is 24.1 Å². The summed E-state index contributed by atoms with van der Waals surface area (Å²) in [7, 11) is 0. The molecule has 0 radical (unpaired) electrons. The van der Waals surface area contributed by atoms with Crippen LogP contribution in [0, 0.1) is 0 Å². The van der Waals surface area contributed by atoms with Gasteiger partial charge in [0.05, 0.1) is 11.1 Å². The summed E-state index contributed by atoms with van der Waals surface area (Å²) in [4.78, 5) is 47.0. The second-order valence-corrected chi connectivity index (χ2v) is 8.06. The van der Waals surface area contributed by atoms with Gasteiger partial charge in [0.2, 0.25) is 0 Å². The standard InChI is InChI=1S/C26H34N4O8/c27-21-9-5-19(6-10-21)23(31)35-15-17-37-25(33)29-13-3-1-2-4-14-30-26(34)38-18-16-36-24(32)20-7-11-22(28)12-8-20/h5-12H,1-4,13-18,27-28H2,(H,29,33)(H,30,34). The summed E-state index contributed by atoms with van der Waals surface area (Å²) in [6.45, 7) is 0.656. The van der Waals surface area contributed by atoms with Crippen molar-refractivity contribution in [2.45, 2.75) is 25.7 Å². The van der Waals surface area contributed by atoms with Crippen LogP contribution in [0.2, 0.25) is 0 Å². The van der Waals surface area contributed by atoms with Gasteiger partial charge in [-0.2, -0.15) is 0 Å². The number of nitrogens with one attached hydrogen (secondary N) is 2. The number of hydrogen-bond donors (Lipinski definition) is 4. The van der Waals surface area contributed by atoms with Gasteiger partial charge in [-0.3, -0.25) is 0 Å². The molecule has 2 aromatic carbocycles. The normalized spacial score (nSPS) is 10.2. The molecule has 0 unspecified atom stereocenters. The van der Waals surface area contributed by atoms with Gasteiger partial charge in [0, 0.05) is 24.5 Å². The third kappa shape index (κ3) is 12.5. The van der Waals surface area contributed by atoms with Crippen molar-refractivity contribution in [3.05, 3.63) is 59.7 Å². The maximum atomic E-state index is 11.8. The van der Waals surface area contributed by atoms with Gasteiger partial charge in [0.15, 0.2) is 0 Å². The zero-order chi connectivity index (χ0) is 27.6. The molecular weight excluding hydrogens is 496 g/mol. The van der Waals surface area contributed by atoms with Gasteiger partial charge in [-0.05, 0) is 61.4 Å². The molecule has 12 heteroatoms. The SMILES string of the molecule is Nc1ccc(C(=O)OCCOC(=O)NCCCCCCNC(=O)OCCOC(=O)c2ccc(N)cc2)cc1. The summed E-state index contributed by atoms with van der Waals surface area (Å²) in [5.74, 6) is -1.04. The Morgan fingerprint density at radius 2 is 0.868 bits per heavy atom. The number of carbonyl (C=O) groups excluding carboxylic acids is 4. The molecule has 2 aromatic rings. The summed E-state index contributed by atoms with van der Waals surface area (Å²) in [6.07, 6.45) is 2.00. The lowest BCUT2D eigenvalue weighted by Gasteiger charge is -2.09. The Hall–Kier alpha value is -4.48. The largest absolute Gasteiger partial charge is 0.458 e. The van der Waals surface area contributed by atoms with Crippen LogP contribution < -0.4 is 22.1 Å². The second kappa shape index (κ2) is 17.1. The van der Waals surface area contributed by atoms with E-state index in [2.05, 4.69) is 10.6 Å². The molecule has 0 aliphatic heterocycles. The van der Waals surface area contributed by atoms with E-state index < -0.39 is 24.1 Å². The number of carbonyl (C=O) groups is 4. The van der Waals surface area contributed by atoms with Crippen molar-refractivity contribution >= 4 is 35.5 Å². The molecule has 0 saturated carbocycles. The fourth-order valence-electron chi connectivity index (χ4n) is 3.03. The van der Waals surface area contributed by atoms with E-state index in [0.29, 0.717) is 35.6 Å². The van der Waals surface area contributed by atoms with Crippen molar-refractivity contribution in [2.24, 2.45) is 0 Å². The van der Waals surface area contributed by atoms with Crippen molar-refractivity contribution in [1.29, 1.82) is 0 Å². The van der Waals surface area contributed by atoms with E-state index in [9.17, 15) is 19.2 Å². The molecule has 12 nitrogen and oxygen atoms in total. The second-order valence-electron chi connectivity index (χ2n) is 8.06. The molecule has 0 atom stereocenters. The summed E-state index contributed by atoms with van der Waals surface area (Å²) in [5, 5.41) is 5.24.